The van der Waals surface area contributed by atoms with Crippen molar-refractivity contribution in [1.29, 1.82) is 0 Å². The van der Waals surface area contributed by atoms with Crippen LogP contribution in [0.1, 0.15) is 5.89 Å². The predicted molar refractivity (Wildman–Crippen MR) is 79.6 cm³/mol. The Kier molecular flexibility index (Phi) is 2.57. The van der Waals surface area contributed by atoms with Gasteiger partial charge in [-0.05, 0) is 12.1 Å². The maximum absolute atomic E-state index is 4.99. The highest BCUT2D eigenvalue weighted by Gasteiger charge is 2.08. The molecular weight excluding hydrogens is 264 g/mol. The van der Waals surface area contributed by atoms with Gasteiger partial charge < -0.3 is 9.51 Å². The van der Waals surface area contributed by atoms with E-state index in [2.05, 4.69) is 20.1 Å². The summed E-state index contributed by atoms with van der Waals surface area (Å²) in [6.45, 7) is 1.78. The second-order valence-corrected chi connectivity index (χ2v) is 4.82. The Balaban J connectivity index is 1.72. The Bertz CT molecular complexity index is 872. The summed E-state index contributed by atoms with van der Waals surface area (Å²) in [7, 11) is 0. The van der Waals surface area contributed by atoms with Crippen LogP contribution in [-0.4, -0.2) is 20.1 Å². The van der Waals surface area contributed by atoms with Crippen molar-refractivity contribution in [2.24, 2.45) is 0 Å². The molecule has 0 fully saturated rings. The van der Waals surface area contributed by atoms with Crippen LogP contribution in [0.5, 0.6) is 0 Å². The zero-order valence-corrected chi connectivity index (χ0v) is 11.4. The Morgan fingerprint density at radius 2 is 1.67 bits per heavy atom. The van der Waals surface area contributed by atoms with E-state index in [4.69, 9.17) is 4.52 Å². The molecule has 0 aliphatic carbocycles. The topological polar surface area (TPSA) is 67.6 Å². The quantitative estimate of drug-likeness (QED) is 0.607. The van der Waals surface area contributed by atoms with Crippen LogP contribution in [0.15, 0.2) is 53.1 Å². The molecule has 4 rings (SSSR count). The molecule has 0 atom stereocenters. The summed E-state index contributed by atoms with van der Waals surface area (Å²) in [6.07, 6.45) is 0. The van der Waals surface area contributed by atoms with E-state index < -0.39 is 0 Å². The van der Waals surface area contributed by atoms with Crippen molar-refractivity contribution >= 4 is 11.0 Å². The van der Waals surface area contributed by atoms with E-state index in [9.17, 15) is 0 Å². The molecule has 2 aromatic carbocycles. The number of nitrogens with one attached hydrogen (secondary N) is 1. The van der Waals surface area contributed by atoms with Gasteiger partial charge in [-0.2, -0.15) is 4.98 Å². The number of aryl methyl sites for hydroxylation is 1. The lowest BCUT2D eigenvalue weighted by Gasteiger charge is -1.98. The molecule has 21 heavy (non-hydrogen) atoms. The van der Waals surface area contributed by atoms with Gasteiger partial charge in [0.15, 0.2) is 0 Å². The van der Waals surface area contributed by atoms with E-state index >= 15 is 0 Å². The number of benzene rings is 2. The minimum atomic E-state index is 0.561. The number of hydrogen-bond donors (Lipinski definition) is 1. The first-order valence-electron chi connectivity index (χ1n) is 6.65. The fourth-order valence-corrected chi connectivity index (χ4v) is 2.28. The van der Waals surface area contributed by atoms with Gasteiger partial charge in [0.05, 0.1) is 11.0 Å². The van der Waals surface area contributed by atoms with Gasteiger partial charge in [0.25, 0.3) is 0 Å². The van der Waals surface area contributed by atoms with Crippen molar-refractivity contribution in [2.75, 3.05) is 0 Å². The monoisotopic (exact) mass is 276 g/mol. The minimum absolute atomic E-state index is 0.561. The summed E-state index contributed by atoms with van der Waals surface area (Å²) in [5, 5.41) is 3.91. The molecule has 102 valence electrons. The molecule has 4 aromatic rings. The molecule has 0 unspecified atom stereocenters. The average Bonchev–Trinajstić information content (AvgIpc) is 3.13. The molecule has 0 saturated heterocycles. The predicted octanol–water partition coefficient (Wildman–Crippen LogP) is 3.59. The minimum Gasteiger partial charge on any atom is -0.339 e. The van der Waals surface area contributed by atoms with E-state index in [1.165, 1.54) is 0 Å². The number of aromatic amines is 1. The molecule has 2 heterocycles. The number of aromatic nitrogens is 4. The Morgan fingerprint density at radius 3 is 2.38 bits per heavy atom. The van der Waals surface area contributed by atoms with Gasteiger partial charge in [-0.25, -0.2) is 4.98 Å². The third-order valence-corrected chi connectivity index (χ3v) is 3.33. The van der Waals surface area contributed by atoms with Crippen molar-refractivity contribution in [3.63, 3.8) is 0 Å². The van der Waals surface area contributed by atoms with Gasteiger partial charge in [-0.15, -0.1) is 0 Å². The van der Waals surface area contributed by atoms with E-state index in [1.807, 2.05) is 48.5 Å². The molecule has 0 radical (unpaired) electrons. The van der Waals surface area contributed by atoms with Crippen LogP contribution in [-0.2, 0) is 0 Å². The highest BCUT2D eigenvalue weighted by molar-refractivity contribution is 5.79. The van der Waals surface area contributed by atoms with Crippen molar-refractivity contribution < 1.29 is 4.52 Å². The van der Waals surface area contributed by atoms with Crippen LogP contribution in [0.4, 0.5) is 0 Å². The summed E-state index contributed by atoms with van der Waals surface area (Å²) < 4.78 is 4.99. The van der Waals surface area contributed by atoms with Crippen LogP contribution in [0, 0.1) is 6.92 Å². The maximum Gasteiger partial charge on any atom is 0.223 e. The van der Waals surface area contributed by atoms with Gasteiger partial charge >= 0.3 is 0 Å². The summed E-state index contributed by atoms with van der Waals surface area (Å²) in [6, 6.07) is 15.9. The van der Waals surface area contributed by atoms with E-state index in [-0.39, 0.29) is 0 Å². The van der Waals surface area contributed by atoms with Gasteiger partial charge in [0, 0.05) is 18.1 Å². The molecule has 0 aliphatic heterocycles. The first-order chi connectivity index (χ1) is 10.3. The van der Waals surface area contributed by atoms with Crippen molar-refractivity contribution in [3.05, 3.63) is 54.4 Å². The normalized spacial score (nSPS) is 11.1. The second-order valence-electron chi connectivity index (χ2n) is 4.82. The first kappa shape index (κ1) is 11.8. The van der Waals surface area contributed by atoms with E-state index in [0.29, 0.717) is 11.7 Å². The number of rotatable bonds is 2. The van der Waals surface area contributed by atoms with Gasteiger partial charge in [-0.1, -0.05) is 41.6 Å². The number of H-pyrrole nitrogens is 1. The van der Waals surface area contributed by atoms with Crippen molar-refractivity contribution in [2.45, 2.75) is 6.92 Å². The van der Waals surface area contributed by atoms with Gasteiger partial charge in [-0.3, -0.25) is 0 Å². The molecule has 2 aromatic heterocycles. The number of hydrogen-bond acceptors (Lipinski definition) is 4. The molecule has 1 N–H and O–H groups in total. The Morgan fingerprint density at radius 1 is 0.905 bits per heavy atom. The van der Waals surface area contributed by atoms with Crippen LogP contribution >= 0.6 is 0 Å². The Hall–Kier alpha value is -2.95. The third kappa shape index (κ3) is 2.08. The Labute approximate surface area is 120 Å². The standard InChI is InChI=1S/C16H12N4O/c1-10-17-16(20-21-10)12-8-6-11(7-9-12)15-18-13-4-2-3-5-14(13)19-15/h2-9H,1H3,(H,18,19). The molecule has 0 spiro atoms. The lowest BCUT2D eigenvalue weighted by molar-refractivity contribution is 0.394. The second kappa shape index (κ2) is 4.56. The highest BCUT2D eigenvalue weighted by Crippen LogP contribution is 2.23. The van der Waals surface area contributed by atoms with E-state index in [0.717, 1.165) is 28.0 Å². The molecule has 0 bridgehead atoms. The van der Waals surface area contributed by atoms with Gasteiger partial charge in [0.1, 0.15) is 5.82 Å². The molecule has 0 saturated carbocycles. The zero-order valence-electron chi connectivity index (χ0n) is 11.4. The zero-order chi connectivity index (χ0) is 14.2. The molecule has 5 nitrogen and oxygen atoms in total. The number of imidazole rings is 1. The lowest BCUT2D eigenvalue weighted by Crippen LogP contribution is -1.83. The number of nitrogens with zero attached hydrogens (tertiary/aromatic N) is 3. The average molecular weight is 276 g/mol. The summed E-state index contributed by atoms with van der Waals surface area (Å²) in [5.41, 5.74) is 3.94. The van der Waals surface area contributed by atoms with Crippen molar-refractivity contribution in [3.8, 4) is 22.8 Å². The SMILES string of the molecule is Cc1nc(-c2ccc(-c3nc4ccccc4[nH]3)cc2)no1. The van der Waals surface area contributed by atoms with Crippen LogP contribution in [0.2, 0.25) is 0 Å². The van der Waals surface area contributed by atoms with Gasteiger partial charge in [0.2, 0.25) is 11.7 Å². The number of fused-ring (bicyclic) bond motifs is 1. The first-order valence-corrected chi connectivity index (χ1v) is 6.65. The highest BCUT2D eigenvalue weighted by atomic mass is 16.5. The molecule has 0 aliphatic rings. The van der Waals surface area contributed by atoms with Crippen molar-refractivity contribution in [1.82, 2.24) is 20.1 Å². The fourth-order valence-electron chi connectivity index (χ4n) is 2.28. The molecular formula is C16H12N4O. The largest absolute Gasteiger partial charge is 0.339 e. The molecule has 5 heteroatoms. The summed E-state index contributed by atoms with van der Waals surface area (Å²) in [4.78, 5) is 12.1. The van der Waals surface area contributed by atoms with E-state index in [1.54, 1.807) is 6.92 Å². The maximum atomic E-state index is 4.99. The fraction of sp³-hybridized carbons (Fsp3) is 0.0625. The summed E-state index contributed by atoms with van der Waals surface area (Å²) >= 11 is 0. The third-order valence-electron chi connectivity index (χ3n) is 3.33. The molecule has 0 amide bonds. The van der Waals surface area contributed by atoms with Crippen LogP contribution in [0.3, 0.4) is 0 Å². The lowest BCUT2D eigenvalue weighted by atomic mass is 10.1. The van der Waals surface area contributed by atoms with Crippen LogP contribution < -0.4 is 0 Å². The van der Waals surface area contributed by atoms with Crippen LogP contribution in [0.25, 0.3) is 33.8 Å². The smallest absolute Gasteiger partial charge is 0.223 e. The number of para-hydroxylation sites is 2. The summed E-state index contributed by atoms with van der Waals surface area (Å²) in [5.74, 6) is 2.02.